The zero-order valence-electron chi connectivity index (χ0n) is 14.9. The van der Waals surface area contributed by atoms with Gasteiger partial charge in [-0.15, -0.1) is 0 Å². The predicted molar refractivity (Wildman–Crippen MR) is 91.1 cm³/mol. The van der Waals surface area contributed by atoms with E-state index >= 15 is 0 Å². The topological polar surface area (TPSA) is 144 Å². The molecule has 1 aromatic heterocycles. The van der Waals surface area contributed by atoms with Gasteiger partial charge < -0.3 is 25.1 Å². The third-order valence-corrected chi connectivity index (χ3v) is 4.00. The first-order valence-corrected chi connectivity index (χ1v) is 8.37. The summed E-state index contributed by atoms with van der Waals surface area (Å²) in [4.78, 5) is 51.4. The minimum absolute atomic E-state index is 0.0123. The lowest BCUT2D eigenvalue weighted by Crippen LogP contribution is -2.52. The molecule has 0 aliphatic rings. The van der Waals surface area contributed by atoms with Crippen molar-refractivity contribution < 1.29 is 24.6 Å². The number of rotatable bonds is 8. The molecule has 0 saturated carbocycles. The number of hydrogen-bond acceptors (Lipinski definition) is 7. The molecule has 0 radical (unpaired) electrons. The zero-order valence-corrected chi connectivity index (χ0v) is 14.9. The van der Waals surface area contributed by atoms with Crippen molar-refractivity contribution in [3.63, 3.8) is 0 Å². The van der Waals surface area contributed by atoms with E-state index in [1.165, 1.54) is 6.33 Å². The Morgan fingerprint density at radius 3 is 2.44 bits per heavy atom. The third-order valence-electron chi connectivity index (χ3n) is 4.00. The Balaban J connectivity index is 2.41. The molecule has 0 spiro atoms. The Morgan fingerprint density at radius 1 is 1.19 bits per heavy atom. The van der Waals surface area contributed by atoms with Crippen molar-refractivity contribution in [2.75, 3.05) is 0 Å². The van der Waals surface area contributed by atoms with Gasteiger partial charge in [0.15, 0.2) is 0 Å². The molecule has 0 aliphatic heterocycles. The van der Waals surface area contributed by atoms with Gasteiger partial charge in [0, 0.05) is 12.4 Å². The highest BCUT2D eigenvalue weighted by Crippen LogP contribution is 2.18. The Labute approximate surface area is 154 Å². The van der Waals surface area contributed by atoms with Gasteiger partial charge in [0.25, 0.3) is 5.56 Å². The number of hydrogen-bond donors (Lipinski definition) is 1. The first-order chi connectivity index (χ1) is 12.7. The molecule has 1 amide bonds. The lowest BCUT2D eigenvalue weighted by atomic mass is 10.0. The largest absolute Gasteiger partial charge is 0.550 e. The van der Waals surface area contributed by atoms with Gasteiger partial charge in [-0.1, -0.05) is 26.0 Å². The number of carbonyl (C=O) groups excluding carboxylic acids is 3. The van der Waals surface area contributed by atoms with Crippen molar-refractivity contribution in [1.82, 2.24) is 14.9 Å². The number of para-hydroxylation sites is 1. The number of nitrogens with one attached hydrogen (secondary N) is 1. The molecular weight excluding hydrogens is 354 g/mol. The fraction of sp³-hybridized carbons (Fsp3) is 0.389. The maximum absolute atomic E-state index is 12.8. The molecular formula is C18H19N3O6-2. The van der Waals surface area contributed by atoms with Crippen LogP contribution in [0.5, 0.6) is 0 Å². The number of carboxylic acids is 2. The van der Waals surface area contributed by atoms with Crippen LogP contribution in [-0.4, -0.2) is 33.4 Å². The van der Waals surface area contributed by atoms with Crippen LogP contribution < -0.4 is 21.1 Å². The van der Waals surface area contributed by atoms with Gasteiger partial charge in [0.1, 0.15) is 6.04 Å². The summed E-state index contributed by atoms with van der Waals surface area (Å²) in [6.07, 6.45) is 0.508. The number of benzene rings is 1. The number of nitrogens with zero attached hydrogens (tertiary/aromatic N) is 2. The number of fused-ring (bicyclic) bond motifs is 1. The summed E-state index contributed by atoms with van der Waals surface area (Å²) in [6, 6.07) is 3.80. The minimum Gasteiger partial charge on any atom is -0.550 e. The van der Waals surface area contributed by atoms with Gasteiger partial charge in [0.2, 0.25) is 5.91 Å². The van der Waals surface area contributed by atoms with Crippen LogP contribution in [0.3, 0.4) is 0 Å². The van der Waals surface area contributed by atoms with E-state index in [1.54, 1.807) is 24.3 Å². The fourth-order valence-corrected chi connectivity index (χ4v) is 2.73. The summed E-state index contributed by atoms with van der Waals surface area (Å²) in [5.41, 5.74) is 0.0123. The van der Waals surface area contributed by atoms with Gasteiger partial charge in [0.05, 0.1) is 29.2 Å². The zero-order chi connectivity index (χ0) is 20.1. The summed E-state index contributed by atoms with van der Waals surface area (Å²) >= 11 is 0. The molecule has 0 fully saturated rings. The molecule has 1 heterocycles. The minimum atomic E-state index is -1.76. The smallest absolute Gasteiger partial charge is 0.261 e. The summed E-state index contributed by atoms with van der Waals surface area (Å²) < 4.78 is 1.13. The van der Waals surface area contributed by atoms with Crippen molar-refractivity contribution in [3.8, 4) is 0 Å². The van der Waals surface area contributed by atoms with Gasteiger partial charge in [-0.2, -0.15) is 0 Å². The first-order valence-electron chi connectivity index (χ1n) is 8.37. The number of amides is 1. The Bertz CT molecular complexity index is 921. The maximum atomic E-state index is 12.8. The van der Waals surface area contributed by atoms with Crippen molar-refractivity contribution in [2.45, 2.75) is 38.8 Å². The fourth-order valence-electron chi connectivity index (χ4n) is 2.73. The van der Waals surface area contributed by atoms with E-state index in [4.69, 9.17) is 0 Å². The molecule has 2 atom stereocenters. The highest BCUT2D eigenvalue weighted by Gasteiger charge is 2.26. The second kappa shape index (κ2) is 8.43. The standard InChI is InChI=1S/C18H21N3O6/c1-10(2)7-14(16(24)20-13(18(26)27)8-15(22)23)21-9-19-12-6-4-3-5-11(12)17(21)25/h3-6,9-10,13-14H,7-8H2,1-2H3,(H,20,24)(H,22,23)(H,26,27)/p-2/t13-,14-/m0/s1. The van der Waals surface area contributed by atoms with E-state index < -0.39 is 41.9 Å². The summed E-state index contributed by atoms with van der Waals surface area (Å²) in [5.74, 6) is -4.21. The van der Waals surface area contributed by atoms with Gasteiger partial charge >= 0.3 is 0 Å². The van der Waals surface area contributed by atoms with Crippen LogP contribution in [0.15, 0.2) is 35.4 Å². The molecule has 0 bridgehead atoms. The van der Waals surface area contributed by atoms with Gasteiger partial charge in [-0.25, -0.2) is 4.98 Å². The van der Waals surface area contributed by atoms with Crippen LogP contribution >= 0.6 is 0 Å². The molecule has 2 rings (SSSR count). The average molecular weight is 373 g/mol. The number of carbonyl (C=O) groups is 3. The summed E-state index contributed by atoms with van der Waals surface area (Å²) in [6.45, 7) is 3.66. The molecule has 0 saturated heterocycles. The second-order valence-electron chi connectivity index (χ2n) is 6.58. The van der Waals surface area contributed by atoms with Gasteiger partial charge in [-0.3, -0.25) is 14.2 Å². The van der Waals surface area contributed by atoms with Crippen LogP contribution in [0.4, 0.5) is 0 Å². The Hall–Kier alpha value is -3.23. The average Bonchev–Trinajstić information content (AvgIpc) is 2.59. The second-order valence-corrected chi connectivity index (χ2v) is 6.58. The van der Waals surface area contributed by atoms with Crippen LogP contribution in [0.2, 0.25) is 0 Å². The Morgan fingerprint density at radius 2 is 1.85 bits per heavy atom. The number of aromatic nitrogens is 2. The van der Waals surface area contributed by atoms with E-state index in [2.05, 4.69) is 10.3 Å². The quantitative estimate of drug-likeness (QED) is 0.584. The summed E-state index contributed by atoms with van der Waals surface area (Å²) in [5, 5.41) is 24.2. The molecule has 9 nitrogen and oxygen atoms in total. The molecule has 1 aromatic carbocycles. The first kappa shape index (κ1) is 20.1. The highest BCUT2D eigenvalue weighted by molar-refractivity contribution is 5.88. The third kappa shape index (κ3) is 4.90. The number of aliphatic carboxylic acids is 2. The Kier molecular flexibility index (Phi) is 6.27. The molecule has 144 valence electrons. The van der Waals surface area contributed by atoms with E-state index in [9.17, 15) is 29.4 Å². The highest BCUT2D eigenvalue weighted by atomic mass is 16.4. The van der Waals surface area contributed by atoms with E-state index in [0.717, 1.165) is 4.57 Å². The molecule has 1 N–H and O–H groups in total. The molecule has 0 unspecified atom stereocenters. The number of carboxylic acid groups (broad SMARTS) is 2. The van der Waals surface area contributed by atoms with E-state index in [-0.39, 0.29) is 12.3 Å². The normalized spacial score (nSPS) is 13.3. The van der Waals surface area contributed by atoms with Crippen molar-refractivity contribution >= 4 is 28.7 Å². The van der Waals surface area contributed by atoms with Crippen molar-refractivity contribution in [2.24, 2.45) is 5.92 Å². The van der Waals surface area contributed by atoms with Crippen LogP contribution in [0, 0.1) is 5.92 Å². The van der Waals surface area contributed by atoms with Gasteiger partial charge in [-0.05, 0) is 24.5 Å². The molecule has 0 aliphatic carbocycles. The lowest BCUT2D eigenvalue weighted by Gasteiger charge is -2.25. The van der Waals surface area contributed by atoms with Crippen molar-refractivity contribution in [3.05, 3.63) is 40.9 Å². The summed E-state index contributed by atoms with van der Waals surface area (Å²) in [7, 11) is 0. The van der Waals surface area contributed by atoms with E-state index in [0.29, 0.717) is 10.9 Å². The van der Waals surface area contributed by atoms with Crippen LogP contribution in [0.25, 0.3) is 10.9 Å². The van der Waals surface area contributed by atoms with Crippen LogP contribution in [-0.2, 0) is 14.4 Å². The van der Waals surface area contributed by atoms with E-state index in [1.807, 2.05) is 13.8 Å². The lowest BCUT2D eigenvalue weighted by molar-refractivity contribution is -0.317. The monoisotopic (exact) mass is 373 g/mol. The van der Waals surface area contributed by atoms with Crippen molar-refractivity contribution in [1.29, 1.82) is 0 Å². The predicted octanol–water partition coefficient (Wildman–Crippen LogP) is -1.64. The molecule has 9 heteroatoms. The van der Waals surface area contributed by atoms with Crippen LogP contribution in [0.1, 0.15) is 32.7 Å². The molecule has 2 aromatic rings. The maximum Gasteiger partial charge on any atom is 0.261 e. The SMILES string of the molecule is CC(C)C[C@@H](C(=O)N[C@@H](CC(=O)[O-])C(=O)[O-])n1cnc2ccccc2c1=O. The molecule has 27 heavy (non-hydrogen) atoms.